The molecule has 0 aromatic carbocycles. The molecule has 0 aromatic heterocycles. The van der Waals surface area contributed by atoms with E-state index in [2.05, 4.69) is 17.3 Å². The first kappa shape index (κ1) is 12.6. The molecule has 1 aliphatic heterocycles. The summed E-state index contributed by atoms with van der Waals surface area (Å²) in [5, 5.41) is 3.41. The summed E-state index contributed by atoms with van der Waals surface area (Å²) < 4.78 is 0. The molecule has 5 rings (SSSR count). The lowest BCUT2D eigenvalue weighted by molar-refractivity contribution is -0.101. The van der Waals surface area contributed by atoms with Gasteiger partial charge in [0.2, 0.25) is 0 Å². The van der Waals surface area contributed by atoms with E-state index in [-0.39, 0.29) is 0 Å². The van der Waals surface area contributed by atoms with Crippen molar-refractivity contribution in [2.75, 3.05) is 26.7 Å². The van der Waals surface area contributed by atoms with E-state index in [9.17, 15) is 0 Å². The van der Waals surface area contributed by atoms with Gasteiger partial charge in [-0.1, -0.05) is 0 Å². The Morgan fingerprint density at radius 2 is 1.68 bits per heavy atom. The third-order valence-corrected chi connectivity index (χ3v) is 6.69. The molecule has 1 N–H and O–H groups in total. The van der Waals surface area contributed by atoms with Crippen molar-refractivity contribution in [3.63, 3.8) is 0 Å². The smallest absolute Gasteiger partial charge is 0.0217 e. The normalized spacial score (nSPS) is 49.7. The van der Waals surface area contributed by atoms with Crippen LogP contribution in [0.2, 0.25) is 0 Å². The van der Waals surface area contributed by atoms with Crippen LogP contribution in [0.1, 0.15) is 51.4 Å². The Labute approximate surface area is 118 Å². The second kappa shape index (κ2) is 4.73. The van der Waals surface area contributed by atoms with Gasteiger partial charge in [-0.2, -0.15) is 0 Å². The molecule has 0 radical (unpaired) electrons. The zero-order valence-corrected chi connectivity index (χ0v) is 12.5. The number of hydrogen-bond donors (Lipinski definition) is 1. The Balaban J connectivity index is 1.51. The maximum atomic E-state index is 3.41. The number of likely N-dealkylation sites (tertiary alicyclic amines) is 1. The lowest BCUT2D eigenvalue weighted by atomic mass is 9.52. The van der Waals surface area contributed by atoms with Crippen molar-refractivity contribution in [1.29, 1.82) is 0 Å². The third kappa shape index (κ3) is 2.15. The van der Waals surface area contributed by atoms with Gasteiger partial charge in [-0.05, 0) is 95.2 Å². The Morgan fingerprint density at radius 1 is 1.05 bits per heavy atom. The van der Waals surface area contributed by atoms with Crippen molar-refractivity contribution in [3.8, 4) is 0 Å². The molecular weight excluding hydrogens is 232 g/mol. The molecule has 4 saturated carbocycles. The standard InChI is InChI=1S/C17H30N2/c1-18-11-13-3-2-4-19(12-13)17-8-14-5-15(9-17)7-16(6-14)10-17/h13-16,18H,2-12H2,1H3. The van der Waals surface area contributed by atoms with Crippen LogP contribution in [0.5, 0.6) is 0 Å². The molecule has 5 aliphatic rings. The summed E-state index contributed by atoms with van der Waals surface area (Å²) in [5.74, 6) is 4.19. The largest absolute Gasteiger partial charge is 0.319 e. The minimum absolute atomic E-state index is 0.654. The van der Waals surface area contributed by atoms with Gasteiger partial charge >= 0.3 is 0 Å². The van der Waals surface area contributed by atoms with Crippen LogP contribution < -0.4 is 5.32 Å². The van der Waals surface area contributed by atoms with Crippen LogP contribution in [-0.2, 0) is 0 Å². The van der Waals surface area contributed by atoms with Gasteiger partial charge in [0.15, 0.2) is 0 Å². The zero-order valence-electron chi connectivity index (χ0n) is 12.5. The topological polar surface area (TPSA) is 15.3 Å². The average Bonchev–Trinajstić information content (AvgIpc) is 2.38. The van der Waals surface area contributed by atoms with Crippen LogP contribution in [0, 0.1) is 23.7 Å². The Kier molecular flexibility index (Phi) is 3.15. The Morgan fingerprint density at radius 3 is 2.26 bits per heavy atom. The first-order chi connectivity index (χ1) is 9.27. The fraction of sp³-hybridized carbons (Fsp3) is 1.00. The van der Waals surface area contributed by atoms with Gasteiger partial charge in [-0.3, -0.25) is 4.90 Å². The first-order valence-electron chi connectivity index (χ1n) is 8.67. The van der Waals surface area contributed by atoms with Gasteiger partial charge in [0, 0.05) is 12.1 Å². The molecule has 1 atom stereocenters. The lowest BCUT2D eigenvalue weighted by Crippen LogP contribution is -2.62. The highest BCUT2D eigenvalue weighted by Gasteiger charge is 2.53. The maximum absolute atomic E-state index is 3.41. The molecule has 1 heterocycles. The van der Waals surface area contributed by atoms with E-state index in [1.807, 2.05) is 0 Å². The predicted molar refractivity (Wildman–Crippen MR) is 79.1 cm³/mol. The lowest BCUT2D eigenvalue weighted by Gasteiger charge is -2.61. The fourth-order valence-corrected chi connectivity index (χ4v) is 6.40. The Hall–Kier alpha value is -0.0800. The molecule has 4 bridgehead atoms. The van der Waals surface area contributed by atoms with E-state index in [4.69, 9.17) is 0 Å². The van der Waals surface area contributed by atoms with Gasteiger partial charge in [-0.15, -0.1) is 0 Å². The highest BCUT2D eigenvalue weighted by molar-refractivity contribution is 5.08. The molecule has 4 aliphatic carbocycles. The summed E-state index contributed by atoms with van der Waals surface area (Å²) in [7, 11) is 2.11. The van der Waals surface area contributed by atoms with Crippen molar-refractivity contribution in [2.24, 2.45) is 23.7 Å². The number of nitrogens with zero attached hydrogens (tertiary/aromatic N) is 1. The van der Waals surface area contributed by atoms with Gasteiger partial charge < -0.3 is 5.32 Å². The SMILES string of the molecule is CNCC1CCCN(C23CC4CC(CC(C4)C2)C3)C1. The summed E-state index contributed by atoms with van der Waals surface area (Å²) in [6.07, 6.45) is 12.3. The second-order valence-corrected chi connectivity index (χ2v) is 8.15. The summed E-state index contributed by atoms with van der Waals surface area (Å²) in [5.41, 5.74) is 0.654. The highest BCUT2D eigenvalue weighted by atomic mass is 15.2. The van der Waals surface area contributed by atoms with Crippen LogP contribution in [0.4, 0.5) is 0 Å². The number of hydrogen-bond acceptors (Lipinski definition) is 2. The molecule has 108 valence electrons. The van der Waals surface area contributed by atoms with Crippen molar-refractivity contribution in [3.05, 3.63) is 0 Å². The molecule has 0 spiro atoms. The van der Waals surface area contributed by atoms with Crippen LogP contribution in [-0.4, -0.2) is 37.1 Å². The van der Waals surface area contributed by atoms with Crippen molar-refractivity contribution >= 4 is 0 Å². The number of rotatable bonds is 3. The van der Waals surface area contributed by atoms with Gasteiger partial charge in [0.1, 0.15) is 0 Å². The molecule has 2 heteroatoms. The van der Waals surface area contributed by atoms with E-state index in [0.717, 1.165) is 23.7 Å². The number of piperidine rings is 1. The van der Waals surface area contributed by atoms with Crippen LogP contribution in [0.3, 0.4) is 0 Å². The van der Waals surface area contributed by atoms with E-state index in [1.54, 1.807) is 38.5 Å². The maximum Gasteiger partial charge on any atom is 0.0217 e. The highest BCUT2D eigenvalue weighted by Crippen LogP contribution is 2.58. The van der Waals surface area contributed by atoms with Crippen molar-refractivity contribution in [2.45, 2.75) is 56.9 Å². The van der Waals surface area contributed by atoms with Crippen molar-refractivity contribution < 1.29 is 0 Å². The molecule has 0 aromatic rings. The first-order valence-corrected chi connectivity index (χ1v) is 8.67. The van der Waals surface area contributed by atoms with Gasteiger partial charge in [0.25, 0.3) is 0 Å². The van der Waals surface area contributed by atoms with E-state index >= 15 is 0 Å². The zero-order chi connectivity index (χ0) is 12.9. The molecule has 1 unspecified atom stereocenters. The van der Waals surface area contributed by atoms with E-state index in [1.165, 1.54) is 32.5 Å². The molecule has 0 amide bonds. The third-order valence-electron chi connectivity index (χ3n) is 6.69. The minimum atomic E-state index is 0.654. The Bertz CT molecular complexity index is 301. The quantitative estimate of drug-likeness (QED) is 0.841. The predicted octanol–water partition coefficient (Wildman–Crippen LogP) is 2.89. The van der Waals surface area contributed by atoms with Crippen molar-refractivity contribution in [1.82, 2.24) is 10.2 Å². The van der Waals surface area contributed by atoms with Crippen LogP contribution in [0.15, 0.2) is 0 Å². The summed E-state index contributed by atoms with van der Waals surface area (Å²) in [6.45, 7) is 4.00. The van der Waals surface area contributed by atoms with Crippen LogP contribution in [0.25, 0.3) is 0 Å². The van der Waals surface area contributed by atoms with Gasteiger partial charge in [0.05, 0.1) is 0 Å². The minimum Gasteiger partial charge on any atom is -0.319 e. The van der Waals surface area contributed by atoms with Gasteiger partial charge in [-0.25, -0.2) is 0 Å². The molecular formula is C17H30N2. The average molecular weight is 262 g/mol. The second-order valence-electron chi connectivity index (χ2n) is 8.15. The molecule has 1 saturated heterocycles. The molecule has 2 nitrogen and oxygen atoms in total. The molecule has 5 fully saturated rings. The number of nitrogens with one attached hydrogen (secondary N) is 1. The monoisotopic (exact) mass is 262 g/mol. The fourth-order valence-electron chi connectivity index (χ4n) is 6.40. The molecule has 19 heavy (non-hydrogen) atoms. The summed E-state index contributed by atoms with van der Waals surface area (Å²) in [6, 6.07) is 0. The summed E-state index contributed by atoms with van der Waals surface area (Å²) in [4.78, 5) is 2.96. The van der Waals surface area contributed by atoms with E-state index in [0.29, 0.717) is 5.54 Å². The summed E-state index contributed by atoms with van der Waals surface area (Å²) >= 11 is 0. The van der Waals surface area contributed by atoms with Crippen LogP contribution >= 0.6 is 0 Å². The van der Waals surface area contributed by atoms with E-state index < -0.39 is 0 Å².